The summed E-state index contributed by atoms with van der Waals surface area (Å²) in [5.74, 6) is 0. The normalized spacial score (nSPS) is 27.4. The molecule has 0 radical (unpaired) electrons. The average Bonchev–Trinajstić information content (AvgIpc) is 2.72. The van der Waals surface area contributed by atoms with Crippen LogP contribution in [0.4, 0.5) is 0 Å². The fourth-order valence-corrected chi connectivity index (χ4v) is 2.62. The van der Waals surface area contributed by atoms with Crippen molar-refractivity contribution >= 4 is 0 Å². The maximum Gasteiger partial charge on any atom is 0.0824 e. The molecule has 18 heavy (non-hydrogen) atoms. The number of aliphatic hydroxyl groups excluding tert-OH is 1. The Bertz CT molecular complexity index is 379. The van der Waals surface area contributed by atoms with Crippen molar-refractivity contribution in [3.63, 3.8) is 0 Å². The summed E-state index contributed by atoms with van der Waals surface area (Å²) < 4.78 is 5.95. The second kappa shape index (κ2) is 6.03. The number of aliphatic hydroxyl groups is 1. The fourth-order valence-electron chi connectivity index (χ4n) is 2.62. The predicted octanol–water partition coefficient (Wildman–Crippen LogP) is 2.17. The van der Waals surface area contributed by atoms with Crippen LogP contribution in [0.5, 0.6) is 0 Å². The average molecular weight is 247 g/mol. The summed E-state index contributed by atoms with van der Waals surface area (Å²) in [6.45, 7) is 6.64. The predicted molar refractivity (Wildman–Crippen MR) is 72.0 cm³/mol. The SMILES string of the molecule is C=CN1C(CO)C(OCc2ccccc2)C[C@H]1C. The zero-order valence-corrected chi connectivity index (χ0v) is 10.8. The Morgan fingerprint density at radius 3 is 2.78 bits per heavy atom. The van der Waals surface area contributed by atoms with Gasteiger partial charge in [-0.05, 0) is 25.1 Å². The molecule has 0 bridgehead atoms. The molecule has 0 spiro atoms. The Morgan fingerprint density at radius 2 is 2.17 bits per heavy atom. The van der Waals surface area contributed by atoms with Gasteiger partial charge >= 0.3 is 0 Å². The number of benzene rings is 1. The van der Waals surface area contributed by atoms with Gasteiger partial charge in [0.15, 0.2) is 0 Å². The molecule has 0 saturated carbocycles. The number of ether oxygens (including phenoxy) is 1. The Hall–Kier alpha value is -1.32. The van der Waals surface area contributed by atoms with E-state index in [0.29, 0.717) is 12.6 Å². The zero-order valence-electron chi connectivity index (χ0n) is 10.8. The van der Waals surface area contributed by atoms with E-state index >= 15 is 0 Å². The number of hydrogen-bond acceptors (Lipinski definition) is 3. The van der Waals surface area contributed by atoms with Crippen LogP contribution in [0.1, 0.15) is 18.9 Å². The lowest BCUT2D eigenvalue weighted by Gasteiger charge is -2.27. The van der Waals surface area contributed by atoms with Gasteiger partial charge in [-0.3, -0.25) is 0 Å². The zero-order chi connectivity index (χ0) is 13.0. The molecule has 1 aliphatic rings. The van der Waals surface area contributed by atoms with Gasteiger partial charge in [0.1, 0.15) is 0 Å². The summed E-state index contributed by atoms with van der Waals surface area (Å²) in [4.78, 5) is 2.09. The molecule has 0 aliphatic carbocycles. The van der Waals surface area contributed by atoms with Crippen molar-refractivity contribution in [1.82, 2.24) is 4.90 Å². The highest BCUT2D eigenvalue weighted by Crippen LogP contribution is 2.27. The Balaban J connectivity index is 1.95. The monoisotopic (exact) mass is 247 g/mol. The van der Waals surface area contributed by atoms with Gasteiger partial charge in [0.2, 0.25) is 0 Å². The molecule has 1 aliphatic heterocycles. The van der Waals surface area contributed by atoms with Crippen LogP contribution in [0.3, 0.4) is 0 Å². The lowest BCUT2D eigenvalue weighted by atomic mass is 10.1. The quantitative estimate of drug-likeness (QED) is 0.865. The summed E-state index contributed by atoms with van der Waals surface area (Å²) in [6, 6.07) is 10.5. The van der Waals surface area contributed by atoms with Crippen molar-refractivity contribution in [2.45, 2.75) is 38.1 Å². The Labute approximate surface area is 109 Å². The van der Waals surface area contributed by atoms with Gasteiger partial charge in [0.25, 0.3) is 0 Å². The van der Waals surface area contributed by atoms with E-state index in [2.05, 4.69) is 30.5 Å². The van der Waals surface area contributed by atoms with Gasteiger partial charge in [-0.1, -0.05) is 36.9 Å². The lowest BCUT2D eigenvalue weighted by molar-refractivity contribution is 0.00532. The molecule has 2 unspecified atom stereocenters. The molecule has 98 valence electrons. The van der Waals surface area contributed by atoms with Gasteiger partial charge in [-0.15, -0.1) is 0 Å². The molecule has 3 atom stereocenters. The summed E-state index contributed by atoms with van der Waals surface area (Å²) in [5.41, 5.74) is 1.17. The molecule has 2 rings (SSSR count). The Morgan fingerprint density at radius 1 is 1.44 bits per heavy atom. The maximum absolute atomic E-state index is 9.48. The first kappa shape index (κ1) is 13.1. The van der Waals surface area contributed by atoms with Gasteiger partial charge in [-0.25, -0.2) is 0 Å². The van der Waals surface area contributed by atoms with Crippen LogP contribution >= 0.6 is 0 Å². The molecule has 3 heteroatoms. The van der Waals surface area contributed by atoms with E-state index in [4.69, 9.17) is 4.74 Å². The Kier molecular flexibility index (Phi) is 4.39. The van der Waals surface area contributed by atoms with Crippen LogP contribution in [-0.4, -0.2) is 34.8 Å². The van der Waals surface area contributed by atoms with Crippen molar-refractivity contribution in [1.29, 1.82) is 0 Å². The van der Waals surface area contributed by atoms with Crippen molar-refractivity contribution in [3.05, 3.63) is 48.7 Å². The number of nitrogens with zero attached hydrogens (tertiary/aromatic N) is 1. The fraction of sp³-hybridized carbons (Fsp3) is 0.467. The minimum absolute atomic E-state index is 0.0289. The smallest absolute Gasteiger partial charge is 0.0824 e. The van der Waals surface area contributed by atoms with Gasteiger partial charge < -0.3 is 14.7 Å². The lowest BCUT2D eigenvalue weighted by Crippen LogP contribution is -2.37. The van der Waals surface area contributed by atoms with E-state index < -0.39 is 0 Å². The number of likely N-dealkylation sites (tertiary alicyclic amines) is 1. The molecule has 0 amide bonds. The van der Waals surface area contributed by atoms with Gasteiger partial charge in [-0.2, -0.15) is 0 Å². The molecule has 0 aromatic heterocycles. The maximum atomic E-state index is 9.48. The molecule has 1 saturated heterocycles. The highest BCUT2D eigenvalue weighted by Gasteiger charge is 2.37. The third-order valence-corrected chi connectivity index (χ3v) is 3.60. The highest BCUT2D eigenvalue weighted by molar-refractivity contribution is 5.13. The van der Waals surface area contributed by atoms with Gasteiger partial charge in [0, 0.05) is 6.04 Å². The molecule has 1 aromatic rings. The molecule has 1 fully saturated rings. The number of hydrogen-bond donors (Lipinski definition) is 1. The van der Waals surface area contributed by atoms with Crippen LogP contribution in [0, 0.1) is 0 Å². The van der Waals surface area contributed by atoms with Gasteiger partial charge in [0.05, 0.1) is 25.4 Å². The third-order valence-electron chi connectivity index (χ3n) is 3.60. The minimum atomic E-state index is 0.0289. The second-order valence-corrected chi connectivity index (χ2v) is 4.80. The van der Waals surface area contributed by atoms with E-state index in [9.17, 15) is 5.11 Å². The summed E-state index contributed by atoms with van der Waals surface area (Å²) in [5, 5.41) is 9.48. The van der Waals surface area contributed by atoms with Crippen LogP contribution in [0.25, 0.3) is 0 Å². The van der Waals surface area contributed by atoms with Crippen LogP contribution < -0.4 is 0 Å². The minimum Gasteiger partial charge on any atom is -0.394 e. The van der Waals surface area contributed by atoms with Crippen molar-refractivity contribution < 1.29 is 9.84 Å². The highest BCUT2D eigenvalue weighted by atomic mass is 16.5. The summed E-state index contributed by atoms with van der Waals surface area (Å²) >= 11 is 0. The largest absolute Gasteiger partial charge is 0.394 e. The van der Waals surface area contributed by atoms with E-state index in [1.807, 2.05) is 18.2 Å². The molecule has 3 nitrogen and oxygen atoms in total. The first-order valence-electron chi connectivity index (χ1n) is 6.42. The van der Waals surface area contributed by atoms with Crippen molar-refractivity contribution in [2.24, 2.45) is 0 Å². The standard InChI is InChI=1S/C15H21NO2/c1-3-16-12(2)9-15(14(16)10-17)18-11-13-7-5-4-6-8-13/h3-8,12,14-15,17H,1,9-11H2,2H3/t12-,14?,15?/m1/s1. The van der Waals surface area contributed by atoms with Crippen molar-refractivity contribution in [2.75, 3.05) is 6.61 Å². The van der Waals surface area contributed by atoms with Crippen LogP contribution in [0.15, 0.2) is 43.1 Å². The summed E-state index contributed by atoms with van der Waals surface area (Å²) in [6.07, 6.45) is 2.81. The van der Waals surface area contributed by atoms with E-state index in [1.165, 1.54) is 5.56 Å². The third kappa shape index (κ3) is 2.74. The molecule has 1 N–H and O–H groups in total. The van der Waals surface area contributed by atoms with E-state index in [1.54, 1.807) is 6.20 Å². The van der Waals surface area contributed by atoms with E-state index in [0.717, 1.165) is 6.42 Å². The first-order valence-corrected chi connectivity index (χ1v) is 6.42. The molecular weight excluding hydrogens is 226 g/mol. The van der Waals surface area contributed by atoms with Crippen LogP contribution in [0.2, 0.25) is 0 Å². The first-order chi connectivity index (χ1) is 8.76. The summed E-state index contributed by atoms with van der Waals surface area (Å²) in [7, 11) is 0. The topological polar surface area (TPSA) is 32.7 Å². The number of rotatable bonds is 5. The second-order valence-electron chi connectivity index (χ2n) is 4.80. The molecule has 1 aromatic carbocycles. The van der Waals surface area contributed by atoms with E-state index in [-0.39, 0.29) is 18.8 Å². The van der Waals surface area contributed by atoms with Crippen molar-refractivity contribution in [3.8, 4) is 0 Å². The molecular formula is C15H21NO2. The molecule has 1 heterocycles. The van der Waals surface area contributed by atoms with Crippen LogP contribution in [-0.2, 0) is 11.3 Å².